The van der Waals surface area contributed by atoms with Crippen LogP contribution in [0.15, 0.2) is 35.0 Å². The molecule has 2 heterocycles. The van der Waals surface area contributed by atoms with E-state index in [0.717, 1.165) is 16.1 Å². The molecule has 0 saturated carbocycles. The molecule has 1 aromatic carbocycles. The molecule has 140 valence electrons. The standard InChI is InChI=1S/C19H18ClN3O2S2/c1-11-3-4-15(14(20)9-11)23-16(24)5-7-21-18(25)17-12(2)22-19(27-17)13-6-8-26-10-13/h3-4,6,8-10H,5,7H2,1-2H3,(H,21,25)(H,23,24). The van der Waals surface area contributed by atoms with Crippen LogP contribution < -0.4 is 10.6 Å². The second kappa shape index (κ2) is 8.65. The van der Waals surface area contributed by atoms with Gasteiger partial charge in [-0.05, 0) is 43.0 Å². The Morgan fingerprint density at radius 1 is 1.22 bits per heavy atom. The van der Waals surface area contributed by atoms with Gasteiger partial charge in [0.15, 0.2) is 0 Å². The zero-order chi connectivity index (χ0) is 19.4. The van der Waals surface area contributed by atoms with E-state index < -0.39 is 0 Å². The fraction of sp³-hybridized carbons (Fsp3) is 0.211. The van der Waals surface area contributed by atoms with Gasteiger partial charge < -0.3 is 10.6 Å². The number of rotatable bonds is 6. The minimum atomic E-state index is -0.215. The molecule has 0 aliphatic rings. The number of thiazole rings is 1. The van der Waals surface area contributed by atoms with Crippen molar-refractivity contribution in [1.82, 2.24) is 10.3 Å². The molecular formula is C19H18ClN3O2S2. The number of carbonyl (C=O) groups excluding carboxylic acids is 2. The van der Waals surface area contributed by atoms with Crippen molar-refractivity contribution in [3.63, 3.8) is 0 Å². The van der Waals surface area contributed by atoms with Gasteiger partial charge in [-0.3, -0.25) is 9.59 Å². The summed E-state index contributed by atoms with van der Waals surface area (Å²) in [4.78, 5) is 29.5. The minimum absolute atomic E-state index is 0.158. The number of thiophene rings is 1. The average Bonchev–Trinajstić information content (AvgIpc) is 3.26. The van der Waals surface area contributed by atoms with E-state index in [1.54, 1.807) is 23.5 Å². The van der Waals surface area contributed by atoms with Crippen molar-refractivity contribution in [2.75, 3.05) is 11.9 Å². The van der Waals surface area contributed by atoms with E-state index in [2.05, 4.69) is 15.6 Å². The number of benzene rings is 1. The zero-order valence-electron chi connectivity index (χ0n) is 14.8. The molecular weight excluding hydrogens is 402 g/mol. The number of aromatic nitrogens is 1. The highest BCUT2D eigenvalue weighted by Crippen LogP contribution is 2.29. The number of nitrogens with zero attached hydrogens (tertiary/aromatic N) is 1. The quantitative estimate of drug-likeness (QED) is 0.596. The molecule has 2 amide bonds. The smallest absolute Gasteiger partial charge is 0.263 e. The van der Waals surface area contributed by atoms with Gasteiger partial charge in [0.25, 0.3) is 5.91 Å². The summed E-state index contributed by atoms with van der Waals surface area (Å²) in [6, 6.07) is 7.41. The molecule has 0 aliphatic heterocycles. The third-order valence-corrected chi connectivity index (χ3v) is 6.01. The largest absolute Gasteiger partial charge is 0.351 e. The van der Waals surface area contributed by atoms with Crippen LogP contribution in [0, 0.1) is 13.8 Å². The van der Waals surface area contributed by atoms with Crippen molar-refractivity contribution in [3.8, 4) is 10.6 Å². The highest BCUT2D eigenvalue weighted by Gasteiger charge is 2.16. The van der Waals surface area contributed by atoms with Crippen molar-refractivity contribution in [3.05, 3.63) is 56.2 Å². The molecule has 2 aromatic heterocycles. The Hall–Kier alpha value is -2.22. The van der Waals surface area contributed by atoms with E-state index in [4.69, 9.17) is 11.6 Å². The molecule has 5 nitrogen and oxygen atoms in total. The summed E-state index contributed by atoms with van der Waals surface area (Å²) in [6.45, 7) is 3.98. The molecule has 0 radical (unpaired) electrons. The lowest BCUT2D eigenvalue weighted by Gasteiger charge is -2.08. The highest BCUT2D eigenvalue weighted by molar-refractivity contribution is 7.17. The number of hydrogen-bond acceptors (Lipinski definition) is 5. The number of nitrogens with one attached hydrogen (secondary N) is 2. The Kier molecular flexibility index (Phi) is 6.26. The van der Waals surface area contributed by atoms with Crippen LogP contribution >= 0.6 is 34.3 Å². The lowest BCUT2D eigenvalue weighted by molar-refractivity contribution is -0.116. The maximum atomic E-state index is 12.4. The first kappa shape index (κ1) is 19.5. The van der Waals surface area contributed by atoms with E-state index >= 15 is 0 Å². The fourth-order valence-corrected chi connectivity index (χ4v) is 4.40. The molecule has 3 aromatic rings. The maximum absolute atomic E-state index is 12.4. The van der Waals surface area contributed by atoms with Gasteiger partial charge in [-0.25, -0.2) is 4.98 Å². The molecule has 2 N–H and O–H groups in total. The van der Waals surface area contributed by atoms with Crippen molar-refractivity contribution in [2.24, 2.45) is 0 Å². The normalized spacial score (nSPS) is 10.6. The molecule has 0 atom stereocenters. The maximum Gasteiger partial charge on any atom is 0.263 e. The molecule has 0 spiro atoms. The molecule has 0 fully saturated rings. The number of aryl methyl sites for hydroxylation is 2. The summed E-state index contributed by atoms with van der Waals surface area (Å²) in [7, 11) is 0. The van der Waals surface area contributed by atoms with E-state index in [9.17, 15) is 9.59 Å². The van der Waals surface area contributed by atoms with Crippen LogP contribution in [-0.2, 0) is 4.79 Å². The number of anilines is 1. The molecule has 3 rings (SSSR count). The topological polar surface area (TPSA) is 71.1 Å². The fourth-order valence-electron chi connectivity index (χ4n) is 2.42. The van der Waals surface area contributed by atoms with Gasteiger partial charge >= 0.3 is 0 Å². The highest BCUT2D eigenvalue weighted by atomic mass is 35.5. The summed E-state index contributed by atoms with van der Waals surface area (Å²) in [5.74, 6) is -0.423. The Bertz CT molecular complexity index is 968. The third-order valence-electron chi connectivity index (χ3n) is 3.81. The lowest BCUT2D eigenvalue weighted by atomic mass is 10.2. The second-order valence-electron chi connectivity index (χ2n) is 5.98. The van der Waals surface area contributed by atoms with Crippen LogP contribution in [0.5, 0.6) is 0 Å². The van der Waals surface area contributed by atoms with E-state index in [0.29, 0.717) is 21.3 Å². The van der Waals surface area contributed by atoms with Crippen molar-refractivity contribution in [2.45, 2.75) is 20.3 Å². The van der Waals surface area contributed by atoms with Crippen LogP contribution in [0.4, 0.5) is 5.69 Å². The number of hydrogen-bond donors (Lipinski definition) is 2. The lowest BCUT2D eigenvalue weighted by Crippen LogP contribution is -2.27. The Labute approximate surface area is 170 Å². The van der Waals surface area contributed by atoms with Crippen LogP contribution in [0.1, 0.15) is 27.3 Å². The summed E-state index contributed by atoms with van der Waals surface area (Å²) in [5.41, 5.74) is 3.29. The first-order chi connectivity index (χ1) is 12.9. The monoisotopic (exact) mass is 419 g/mol. The van der Waals surface area contributed by atoms with Gasteiger partial charge in [0.2, 0.25) is 5.91 Å². The van der Waals surface area contributed by atoms with Gasteiger partial charge in [-0.2, -0.15) is 11.3 Å². The van der Waals surface area contributed by atoms with Gasteiger partial charge in [0, 0.05) is 23.9 Å². The molecule has 8 heteroatoms. The first-order valence-electron chi connectivity index (χ1n) is 8.28. The van der Waals surface area contributed by atoms with E-state index in [1.165, 1.54) is 11.3 Å². The minimum Gasteiger partial charge on any atom is -0.351 e. The predicted molar refractivity (Wildman–Crippen MR) is 112 cm³/mol. The van der Waals surface area contributed by atoms with Gasteiger partial charge in [-0.1, -0.05) is 17.7 Å². The zero-order valence-corrected chi connectivity index (χ0v) is 17.2. The molecule has 0 bridgehead atoms. The molecule has 27 heavy (non-hydrogen) atoms. The van der Waals surface area contributed by atoms with Crippen molar-refractivity contribution < 1.29 is 9.59 Å². The summed E-state index contributed by atoms with van der Waals surface area (Å²) in [6.07, 6.45) is 0.158. The number of amides is 2. The molecule has 0 unspecified atom stereocenters. The van der Waals surface area contributed by atoms with E-state index in [1.807, 2.05) is 36.7 Å². The van der Waals surface area contributed by atoms with Crippen LogP contribution in [0.25, 0.3) is 10.6 Å². The average molecular weight is 420 g/mol. The Morgan fingerprint density at radius 3 is 2.74 bits per heavy atom. The van der Waals surface area contributed by atoms with Crippen LogP contribution in [-0.4, -0.2) is 23.3 Å². The predicted octanol–water partition coefficient (Wildman–Crippen LogP) is 4.90. The summed E-state index contributed by atoms with van der Waals surface area (Å²) in [5, 5.41) is 10.8. The Morgan fingerprint density at radius 2 is 2.04 bits per heavy atom. The number of halogens is 1. The van der Waals surface area contributed by atoms with Gasteiger partial charge in [0.1, 0.15) is 9.88 Å². The summed E-state index contributed by atoms with van der Waals surface area (Å²) >= 11 is 9.06. The molecule has 0 aliphatic carbocycles. The third kappa shape index (κ3) is 4.94. The summed E-state index contributed by atoms with van der Waals surface area (Å²) < 4.78 is 0. The second-order valence-corrected chi connectivity index (χ2v) is 8.17. The van der Waals surface area contributed by atoms with Crippen LogP contribution in [0.3, 0.4) is 0 Å². The van der Waals surface area contributed by atoms with E-state index in [-0.39, 0.29) is 24.8 Å². The van der Waals surface area contributed by atoms with Crippen LogP contribution in [0.2, 0.25) is 5.02 Å². The SMILES string of the molecule is Cc1ccc(NC(=O)CCNC(=O)c2sc(-c3ccsc3)nc2C)c(Cl)c1. The van der Waals surface area contributed by atoms with Crippen molar-refractivity contribution in [1.29, 1.82) is 0 Å². The first-order valence-corrected chi connectivity index (χ1v) is 10.4. The van der Waals surface area contributed by atoms with Crippen molar-refractivity contribution >= 4 is 51.8 Å². The Balaban J connectivity index is 1.53. The van der Waals surface area contributed by atoms with Gasteiger partial charge in [0.05, 0.1) is 16.4 Å². The number of carbonyl (C=O) groups is 2. The van der Waals surface area contributed by atoms with Gasteiger partial charge in [-0.15, -0.1) is 11.3 Å². The molecule has 0 saturated heterocycles.